The number of para-hydroxylation sites is 1. The number of anilines is 2. The average Bonchev–Trinajstić information content (AvgIpc) is 3.41. The Morgan fingerprint density at radius 2 is 1.88 bits per heavy atom. The molecule has 6 nitrogen and oxygen atoms in total. The number of piperidine rings is 1. The van der Waals surface area contributed by atoms with Gasteiger partial charge in [0.15, 0.2) is 5.16 Å². The molecule has 0 bridgehead atoms. The normalized spacial score (nSPS) is 18.1. The van der Waals surface area contributed by atoms with E-state index in [0.717, 1.165) is 35.8 Å². The third-order valence-electron chi connectivity index (χ3n) is 5.01. The van der Waals surface area contributed by atoms with E-state index in [1.807, 2.05) is 30.3 Å². The molecule has 1 saturated heterocycles. The lowest BCUT2D eigenvalue weighted by molar-refractivity contribution is -0.113. The number of hydrogen-bond donors (Lipinski definition) is 1. The van der Waals surface area contributed by atoms with Gasteiger partial charge in [-0.2, -0.15) is 0 Å². The molecule has 7 heteroatoms. The Kier molecular flexibility index (Phi) is 5.15. The summed E-state index contributed by atoms with van der Waals surface area (Å²) < 4.78 is 2.26. The maximum Gasteiger partial charge on any atom is 0.234 e. The van der Waals surface area contributed by atoms with Crippen LogP contribution in [0.3, 0.4) is 0 Å². The van der Waals surface area contributed by atoms with Gasteiger partial charge in [-0.1, -0.05) is 36.9 Å². The van der Waals surface area contributed by atoms with Crippen LogP contribution in [0.25, 0.3) is 0 Å². The van der Waals surface area contributed by atoms with E-state index in [4.69, 9.17) is 0 Å². The molecule has 2 aliphatic rings. The van der Waals surface area contributed by atoms with Crippen molar-refractivity contribution in [3.63, 3.8) is 0 Å². The Hall–Kier alpha value is -2.02. The highest BCUT2D eigenvalue weighted by molar-refractivity contribution is 7.99. The Morgan fingerprint density at radius 3 is 2.58 bits per heavy atom. The molecule has 26 heavy (non-hydrogen) atoms. The lowest BCUT2D eigenvalue weighted by Crippen LogP contribution is -2.34. The zero-order valence-corrected chi connectivity index (χ0v) is 15.9. The van der Waals surface area contributed by atoms with Crippen LogP contribution in [0, 0.1) is 5.92 Å². The summed E-state index contributed by atoms with van der Waals surface area (Å²) in [6.45, 7) is 4.41. The summed E-state index contributed by atoms with van der Waals surface area (Å²) in [7, 11) is 0. The third kappa shape index (κ3) is 4.03. The van der Waals surface area contributed by atoms with Crippen LogP contribution >= 0.6 is 11.8 Å². The highest BCUT2D eigenvalue weighted by atomic mass is 32.2. The van der Waals surface area contributed by atoms with Crippen molar-refractivity contribution in [2.24, 2.45) is 5.92 Å². The molecule has 0 radical (unpaired) electrons. The molecule has 0 spiro atoms. The van der Waals surface area contributed by atoms with Gasteiger partial charge in [0.05, 0.1) is 5.75 Å². The summed E-state index contributed by atoms with van der Waals surface area (Å²) in [5.74, 6) is 2.11. The molecule has 1 aromatic heterocycles. The Bertz CT molecular complexity index is 751. The van der Waals surface area contributed by atoms with E-state index in [9.17, 15) is 4.79 Å². The van der Waals surface area contributed by atoms with Crippen molar-refractivity contribution < 1.29 is 4.79 Å². The molecule has 1 aliphatic carbocycles. The van der Waals surface area contributed by atoms with E-state index >= 15 is 0 Å². The lowest BCUT2D eigenvalue weighted by atomic mass is 10.00. The largest absolute Gasteiger partial charge is 0.341 e. The van der Waals surface area contributed by atoms with Crippen LogP contribution in [0.15, 0.2) is 35.5 Å². The maximum atomic E-state index is 12.2. The van der Waals surface area contributed by atoms with Gasteiger partial charge in [0, 0.05) is 24.8 Å². The first-order chi connectivity index (χ1) is 12.7. The van der Waals surface area contributed by atoms with Gasteiger partial charge in [0.1, 0.15) is 0 Å². The molecule has 0 unspecified atom stereocenters. The fourth-order valence-corrected chi connectivity index (χ4v) is 4.09. The summed E-state index contributed by atoms with van der Waals surface area (Å²) in [6, 6.07) is 10.1. The number of thioether (sulfide) groups is 1. The van der Waals surface area contributed by atoms with Gasteiger partial charge in [-0.3, -0.25) is 9.36 Å². The number of carbonyl (C=O) groups is 1. The van der Waals surface area contributed by atoms with Crippen LogP contribution in [-0.4, -0.2) is 39.5 Å². The molecule has 138 valence electrons. The van der Waals surface area contributed by atoms with Crippen molar-refractivity contribution in [3.05, 3.63) is 30.3 Å². The molecular weight excluding hydrogens is 346 g/mol. The van der Waals surface area contributed by atoms with E-state index in [-0.39, 0.29) is 5.91 Å². The molecule has 2 heterocycles. The number of nitrogens with one attached hydrogen (secondary N) is 1. The first-order valence-corrected chi connectivity index (χ1v) is 10.4. The second kappa shape index (κ2) is 7.70. The van der Waals surface area contributed by atoms with Crippen LogP contribution in [0.1, 0.15) is 38.6 Å². The van der Waals surface area contributed by atoms with Crippen LogP contribution in [0.2, 0.25) is 0 Å². The van der Waals surface area contributed by atoms with E-state index in [1.165, 1.54) is 37.4 Å². The molecule has 1 aliphatic heterocycles. The Balaban J connectivity index is 1.41. The van der Waals surface area contributed by atoms with Crippen molar-refractivity contribution in [2.45, 2.75) is 43.8 Å². The van der Waals surface area contributed by atoms with Gasteiger partial charge in [0.2, 0.25) is 11.9 Å². The molecule has 1 amide bonds. The topological polar surface area (TPSA) is 63.1 Å². The SMILES string of the molecule is CC1CCN(c2nnc(SCC(=O)Nc3ccccc3)n2C2CC2)CC1. The molecule has 1 saturated carbocycles. The van der Waals surface area contributed by atoms with Gasteiger partial charge < -0.3 is 10.2 Å². The smallest absolute Gasteiger partial charge is 0.234 e. The van der Waals surface area contributed by atoms with Crippen molar-refractivity contribution in [1.82, 2.24) is 14.8 Å². The zero-order valence-electron chi connectivity index (χ0n) is 15.1. The van der Waals surface area contributed by atoms with Gasteiger partial charge in [-0.15, -0.1) is 10.2 Å². The van der Waals surface area contributed by atoms with Crippen molar-refractivity contribution >= 4 is 29.3 Å². The van der Waals surface area contributed by atoms with E-state index in [0.29, 0.717) is 11.8 Å². The molecule has 2 fully saturated rings. The standard InChI is InChI=1S/C19H25N5OS/c1-14-9-11-23(12-10-14)18-21-22-19(24(18)16-7-8-16)26-13-17(25)20-15-5-3-2-4-6-15/h2-6,14,16H,7-13H2,1H3,(H,20,25). The number of amides is 1. The maximum absolute atomic E-state index is 12.2. The second-order valence-electron chi connectivity index (χ2n) is 7.26. The predicted octanol–water partition coefficient (Wildman–Crippen LogP) is 3.58. The first-order valence-electron chi connectivity index (χ1n) is 9.38. The zero-order chi connectivity index (χ0) is 17.9. The van der Waals surface area contributed by atoms with E-state index < -0.39 is 0 Å². The fraction of sp³-hybridized carbons (Fsp3) is 0.526. The van der Waals surface area contributed by atoms with Crippen molar-refractivity contribution in [3.8, 4) is 0 Å². The van der Waals surface area contributed by atoms with Crippen LogP contribution in [0.4, 0.5) is 11.6 Å². The van der Waals surface area contributed by atoms with Crippen LogP contribution in [-0.2, 0) is 4.79 Å². The Morgan fingerprint density at radius 1 is 1.15 bits per heavy atom. The minimum absolute atomic E-state index is 0.0140. The number of aromatic nitrogens is 3. The van der Waals surface area contributed by atoms with Gasteiger partial charge in [-0.25, -0.2) is 0 Å². The second-order valence-corrected chi connectivity index (χ2v) is 8.20. The molecule has 2 aromatic rings. The van der Waals surface area contributed by atoms with E-state index in [2.05, 4.69) is 31.9 Å². The number of rotatable bonds is 6. The molecule has 4 rings (SSSR count). The van der Waals surface area contributed by atoms with Gasteiger partial charge in [-0.05, 0) is 43.7 Å². The number of benzene rings is 1. The number of hydrogen-bond acceptors (Lipinski definition) is 5. The average molecular weight is 372 g/mol. The van der Waals surface area contributed by atoms with Crippen molar-refractivity contribution in [2.75, 3.05) is 29.1 Å². The number of nitrogens with zero attached hydrogens (tertiary/aromatic N) is 4. The minimum atomic E-state index is -0.0140. The first kappa shape index (κ1) is 17.4. The van der Waals surface area contributed by atoms with Gasteiger partial charge in [0.25, 0.3) is 0 Å². The fourth-order valence-electron chi connectivity index (χ4n) is 3.29. The van der Waals surface area contributed by atoms with Crippen LogP contribution < -0.4 is 10.2 Å². The molecule has 1 aromatic carbocycles. The monoisotopic (exact) mass is 371 g/mol. The molecular formula is C19H25N5OS. The summed E-state index contributed by atoms with van der Waals surface area (Å²) in [6.07, 6.45) is 4.77. The highest BCUT2D eigenvalue weighted by Gasteiger charge is 2.32. The number of carbonyl (C=O) groups excluding carboxylic acids is 1. The van der Waals surface area contributed by atoms with Gasteiger partial charge >= 0.3 is 0 Å². The summed E-state index contributed by atoms with van der Waals surface area (Å²) in [5, 5.41) is 12.7. The van der Waals surface area contributed by atoms with Crippen LogP contribution in [0.5, 0.6) is 0 Å². The van der Waals surface area contributed by atoms with E-state index in [1.54, 1.807) is 0 Å². The summed E-state index contributed by atoms with van der Waals surface area (Å²) in [5.41, 5.74) is 0.824. The third-order valence-corrected chi connectivity index (χ3v) is 5.96. The predicted molar refractivity (Wildman–Crippen MR) is 105 cm³/mol. The molecule has 0 atom stereocenters. The Labute approximate surface area is 158 Å². The lowest BCUT2D eigenvalue weighted by Gasteiger charge is -2.31. The highest BCUT2D eigenvalue weighted by Crippen LogP contribution is 2.41. The molecule has 1 N–H and O–H groups in total. The summed E-state index contributed by atoms with van der Waals surface area (Å²) in [4.78, 5) is 14.6. The summed E-state index contributed by atoms with van der Waals surface area (Å²) >= 11 is 1.48. The quantitative estimate of drug-likeness (QED) is 0.787. The van der Waals surface area contributed by atoms with Crippen molar-refractivity contribution in [1.29, 1.82) is 0 Å². The minimum Gasteiger partial charge on any atom is -0.341 e.